The van der Waals surface area contributed by atoms with Gasteiger partial charge in [-0.2, -0.15) is 0 Å². The molecule has 0 heterocycles. The van der Waals surface area contributed by atoms with Crippen LogP contribution in [0.15, 0.2) is 27.6 Å². The van der Waals surface area contributed by atoms with Crippen LogP contribution in [0.3, 0.4) is 0 Å². The Morgan fingerprint density at radius 3 is 2.47 bits per heavy atom. The first-order valence-corrected chi connectivity index (χ1v) is 6.11. The van der Waals surface area contributed by atoms with Crippen LogP contribution in [-0.4, -0.2) is 21.5 Å². The van der Waals surface area contributed by atoms with Crippen LogP contribution in [0.5, 0.6) is 0 Å². The van der Waals surface area contributed by atoms with E-state index in [4.69, 9.17) is 5.14 Å². The maximum absolute atomic E-state index is 11.1. The Morgan fingerprint density at radius 2 is 2.07 bits per heavy atom. The van der Waals surface area contributed by atoms with Crippen molar-refractivity contribution in [2.24, 2.45) is 5.14 Å². The number of primary sulfonamides is 1. The lowest BCUT2D eigenvalue weighted by Crippen LogP contribution is -2.13. The molecule has 5 nitrogen and oxygen atoms in total. The molecule has 2 N–H and O–H groups in total. The number of nitrogens with two attached hydrogens (primary N) is 1. The summed E-state index contributed by atoms with van der Waals surface area (Å²) in [7, 11) is -2.54. The third-order valence-corrected chi connectivity index (χ3v) is 3.55. The predicted molar refractivity (Wildman–Crippen MR) is 56.9 cm³/mol. The van der Waals surface area contributed by atoms with Gasteiger partial charge in [0, 0.05) is 4.47 Å². The van der Waals surface area contributed by atoms with Gasteiger partial charge >= 0.3 is 5.97 Å². The molecule has 0 radical (unpaired) electrons. The summed E-state index contributed by atoms with van der Waals surface area (Å²) < 4.78 is 26.8. The Hall–Kier alpha value is -0.920. The molecule has 0 aromatic heterocycles. The van der Waals surface area contributed by atoms with E-state index < -0.39 is 16.0 Å². The number of halogens is 1. The van der Waals surface area contributed by atoms with Crippen LogP contribution in [0.4, 0.5) is 0 Å². The average Bonchev–Trinajstić information content (AvgIpc) is 2.14. The van der Waals surface area contributed by atoms with Gasteiger partial charge in [-0.1, -0.05) is 0 Å². The number of methoxy groups -OCH3 is 1. The van der Waals surface area contributed by atoms with Crippen LogP contribution in [0.2, 0.25) is 0 Å². The zero-order valence-electron chi connectivity index (χ0n) is 7.73. The molecular formula is C8H8BrNO4S. The summed E-state index contributed by atoms with van der Waals surface area (Å²) in [6.45, 7) is 0. The molecular weight excluding hydrogens is 286 g/mol. The van der Waals surface area contributed by atoms with Crippen LogP contribution < -0.4 is 5.14 Å². The van der Waals surface area contributed by atoms with E-state index in [1.165, 1.54) is 25.3 Å². The van der Waals surface area contributed by atoms with Crippen LogP contribution in [0, 0.1) is 0 Å². The predicted octanol–water partition coefficient (Wildman–Crippen LogP) is 0.883. The Morgan fingerprint density at radius 1 is 1.47 bits per heavy atom. The average molecular weight is 294 g/mol. The van der Waals surface area contributed by atoms with Crippen molar-refractivity contribution >= 4 is 31.9 Å². The van der Waals surface area contributed by atoms with Crippen molar-refractivity contribution in [3.63, 3.8) is 0 Å². The standard InChI is InChI=1S/C8H8BrNO4S/c1-14-8(11)5-2-3-7(6(9)4-5)15(10,12)13/h2-4H,1H3,(H2,10,12,13). The molecule has 7 heteroatoms. The molecule has 0 atom stereocenters. The summed E-state index contributed by atoms with van der Waals surface area (Å²) in [5.41, 5.74) is 0.247. The maximum Gasteiger partial charge on any atom is 0.337 e. The number of esters is 1. The fourth-order valence-corrected chi connectivity index (χ4v) is 2.62. The number of ether oxygens (including phenoxy) is 1. The highest BCUT2D eigenvalue weighted by Crippen LogP contribution is 2.22. The highest BCUT2D eigenvalue weighted by molar-refractivity contribution is 9.10. The highest BCUT2D eigenvalue weighted by Gasteiger charge is 2.15. The third kappa shape index (κ3) is 2.77. The molecule has 0 aliphatic rings. The fourth-order valence-electron chi connectivity index (χ4n) is 0.976. The number of benzene rings is 1. The highest BCUT2D eigenvalue weighted by atomic mass is 79.9. The lowest BCUT2D eigenvalue weighted by molar-refractivity contribution is 0.0600. The molecule has 0 spiro atoms. The second kappa shape index (κ2) is 4.30. The van der Waals surface area contributed by atoms with Crippen molar-refractivity contribution in [1.82, 2.24) is 0 Å². The number of carbonyl (C=O) groups is 1. The molecule has 1 rings (SSSR count). The molecule has 0 amide bonds. The normalized spacial score (nSPS) is 11.1. The SMILES string of the molecule is COC(=O)c1ccc(S(N)(=O)=O)c(Br)c1. The largest absolute Gasteiger partial charge is 0.465 e. The molecule has 0 fully saturated rings. The van der Waals surface area contributed by atoms with Crippen LogP contribution in [-0.2, 0) is 14.8 Å². The van der Waals surface area contributed by atoms with Gasteiger partial charge in [-0.3, -0.25) is 0 Å². The minimum atomic E-state index is -3.78. The van der Waals surface area contributed by atoms with Gasteiger partial charge < -0.3 is 4.74 Å². The summed E-state index contributed by atoms with van der Waals surface area (Å²) >= 11 is 3.01. The Bertz CT molecular complexity index is 497. The quantitative estimate of drug-likeness (QED) is 0.820. The molecule has 0 aliphatic heterocycles. The molecule has 0 saturated carbocycles. The number of hydrogen-bond acceptors (Lipinski definition) is 4. The first-order chi connectivity index (χ1) is 6.86. The summed E-state index contributed by atoms with van der Waals surface area (Å²) in [6.07, 6.45) is 0. The summed E-state index contributed by atoms with van der Waals surface area (Å²) in [5.74, 6) is -0.545. The van der Waals surface area contributed by atoms with Crippen molar-refractivity contribution in [2.75, 3.05) is 7.11 Å². The van der Waals surface area contributed by atoms with Crippen LogP contribution >= 0.6 is 15.9 Å². The number of sulfonamides is 1. The Labute approximate surface area is 95.4 Å². The first kappa shape index (κ1) is 12.2. The maximum atomic E-state index is 11.1. The van der Waals surface area contributed by atoms with Crippen molar-refractivity contribution in [3.05, 3.63) is 28.2 Å². The molecule has 15 heavy (non-hydrogen) atoms. The molecule has 0 bridgehead atoms. The van der Waals surface area contributed by atoms with Gasteiger partial charge in [0.05, 0.1) is 17.6 Å². The monoisotopic (exact) mass is 293 g/mol. The Balaban J connectivity index is 3.27. The van der Waals surface area contributed by atoms with Gasteiger partial charge in [-0.05, 0) is 34.1 Å². The molecule has 0 saturated heterocycles. The summed E-state index contributed by atoms with van der Waals surface area (Å²) in [4.78, 5) is 11.0. The lowest BCUT2D eigenvalue weighted by Gasteiger charge is -2.04. The molecule has 0 aliphatic carbocycles. The van der Waals surface area contributed by atoms with E-state index in [1.54, 1.807) is 0 Å². The van der Waals surface area contributed by atoms with Crippen LogP contribution in [0.25, 0.3) is 0 Å². The van der Waals surface area contributed by atoms with Crippen molar-refractivity contribution in [1.29, 1.82) is 0 Å². The van der Waals surface area contributed by atoms with Gasteiger partial charge in [0.15, 0.2) is 0 Å². The summed E-state index contributed by atoms with van der Waals surface area (Å²) in [6, 6.07) is 3.91. The van der Waals surface area contributed by atoms with E-state index in [0.717, 1.165) is 0 Å². The van der Waals surface area contributed by atoms with Gasteiger partial charge in [-0.25, -0.2) is 18.4 Å². The van der Waals surface area contributed by atoms with Gasteiger partial charge in [-0.15, -0.1) is 0 Å². The van der Waals surface area contributed by atoms with E-state index >= 15 is 0 Å². The second-order valence-electron chi connectivity index (χ2n) is 2.68. The van der Waals surface area contributed by atoms with Crippen molar-refractivity contribution in [3.8, 4) is 0 Å². The number of carbonyl (C=O) groups excluding carboxylic acids is 1. The van der Waals surface area contributed by atoms with E-state index in [0.29, 0.717) is 0 Å². The number of hydrogen-bond donors (Lipinski definition) is 1. The molecule has 1 aromatic rings. The summed E-state index contributed by atoms with van der Waals surface area (Å²) in [5, 5.41) is 4.94. The van der Waals surface area contributed by atoms with E-state index in [2.05, 4.69) is 20.7 Å². The van der Waals surface area contributed by atoms with Gasteiger partial charge in [0.25, 0.3) is 0 Å². The molecule has 0 unspecified atom stereocenters. The van der Waals surface area contributed by atoms with Crippen LogP contribution in [0.1, 0.15) is 10.4 Å². The molecule has 1 aromatic carbocycles. The smallest absolute Gasteiger partial charge is 0.337 e. The first-order valence-electron chi connectivity index (χ1n) is 3.77. The number of rotatable bonds is 2. The zero-order chi connectivity index (χ0) is 11.6. The molecule has 82 valence electrons. The van der Waals surface area contributed by atoms with Crippen molar-refractivity contribution < 1.29 is 17.9 Å². The fraction of sp³-hybridized carbons (Fsp3) is 0.125. The zero-order valence-corrected chi connectivity index (χ0v) is 10.1. The van der Waals surface area contributed by atoms with Crippen molar-refractivity contribution in [2.45, 2.75) is 4.90 Å². The third-order valence-electron chi connectivity index (χ3n) is 1.66. The minimum Gasteiger partial charge on any atom is -0.465 e. The van der Waals surface area contributed by atoms with E-state index in [9.17, 15) is 13.2 Å². The van der Waals surface area contributed by atoms with E-state index in [-0.39, 0.29) is 14.9 Å². The second-order valence-corrected chi connectivity index (χ2v) is 5.07. The minimum absolute atomic E-state index is 0.0739. The topological polar surface area (TPSA) is 86.5 Å². The van der Waals surface area contributed by atoms with Gasteiger partial charge in [0.1, 0.15) is 0 Å². The Kier molecular flexibility index (Phi) is 3.48. The van der Waals surface area contributed by atoms with E-state index in [1.807, 2.05) is 0 Å². The van der Waals surface area contributed by atoms with Gasteiger partial charge in [0.2, 0.25) is 10.0 Å². The lowest BCUT2D eigenvalue weighted by atomic mass is 10.2.